The number of carboxylic acids is 1. The Morgan fingerprint density at radius 2 is 1.86 bits per heavy atom. The molecule has 0 fully saturated rings. The molecule has 1 aliphatic heterocycles. The summed E-state index contributed by atoms with van der Waals surface area (Å²) in [7, 11) is 0. The Kier molecular flexibility index (Phi) is 4.67. The fourth-order valence-corrected chi connectivity index (χ4v) is 2.04. The Balaban J connectivity index is 2.16. The number of carbonyl (C=O) groups excluding carboxylic acids is 1. The molecule has 2 N–H and O–H groups in total. The molecule has 6 nitrogen and oxygen atoms in total. The van der Waals surface area contributed by atoms with E-state index < -0.39 is 17.9 Å². The Morgan fingerprint density at radius 1 is 1.19 bits per heavy atom. The zero-order chi connectivity index (χ0) is 15.4. The van der Waals surface area contributed by atoms with Gasteiger partial charge in [0.05, 0.1) is 13.2 Å². The number of ether oxygens (including phenoxy) is 2. The molecule has 0 aliphatic carbocycles. The van der Waals surface area contributed by atoms with E-state index in [4.69, 9.17) is 14.6 Å². The topological polar surface area (TPSA) is 84.9 Å². The normalized spacial score (nSPS) is 15.2. The number of hydrogen-bond acceptors (Lipinski definition) is 4. The average molecular weight is 293 g/mol. The van der Waals surface area contributed by atoms with Crippen molar-refractivity contribution in [1.82, 2.24) is 5.32 Å². The molecule has 1 amide bonds. The van der Waals surface area contributed by atoms with Gasteiger partial charge >= 0.3 is 5.97 Å². The van der Waals surface area contributed by atoms with Crippen LogP contribution in [0.3, 0.4) is 0 Å². The van der Waals surface area contributed by atoms with Gasteiger partial charge in [-0.15, -0.1) is 0 Å². The molecule has 2 rings (SSSR count). The van der Waals surface area contributed by atoms with Crippen molar-refractivity contribution >= 4 is 11.9 Å². The number of rotatable bonds is 4. The van der Waals surface area contributed by atoms with Gasteiger partial charge in [-0.2, -0.15) is 0 Å². The summed E-state index contributed by atoms with van der Waals surface area (Å²) in [5, 5.41) is 11.6. The van der Waals surface area contributed by atoms with Crippen molar-refractivity contribution in [2.45, 2.75) is 26.3 Å². The number of carboxylic acid groups (broad SMARTS) is 1. The molecule has 1 unspecified atom stereocenters. The van der Waals surface area contributed by atoms with Crippen LogP contribution in [0.25, 0.3) is 0 Å². The lowest BCUT2D eigenvalue weighted by Gasteiger charge is -2.18. The van der Waals surface area contributed by atoms with Crippen LogP contribution in [0.15, 0.2) is 18.2 Å². The number of fused-ring (bicyclic) bond motifs is 1. The second kappa shape index (κ2) is 6.47. The first kappa shape index (κ1) is 15.2. The van der Waals surface area contributed by atoms with Crippen molar-refractivity contribution in [1.29, 1.82) is 0 Å². The van der Waals surface area contributed by atoms with Gasteiger partial charge in [-0.05, 0) is 24.1 Å². The van der Waals surface area contributed by atoms with E-state index in [1.807, 2.05) is 0 Å². The maximum absolute atomic E-state index is 12.2. The van der Waals surface area contributed by atoms with Gasteiger partial charge in [0.15, 0.2) is 11.5 Å². The van der Waals surface area contributed by atoms with Crippen LogP contribution in [0.2, 0.25) is 0 Å². The summed E-state index contributed by atoms with van der Waals surface area (Å²) in [6.45, 7) is 4.59. The van der Waals surface area contributed by atoms with Gasteiger partial charge in [-0.1, -0.05) is 13.8 Å². The molecule has 114 valence electrons. The molecule has 1 heterocycles. The molecule has 1 aromatic carbocycles. The largest absolute Gasteiger partial charge is 0.490 e. The Hall–Kier alpha value is -2.24. The summed E-state index contributed by atoms with van der Waals surface area (Å²) in [5.41, 5.74) is 0.353. The summed E-state index contributed by atoms with van der Waals surface area (Å²) in [4.78, 5) is 23.3. The summed E-state index contributed by atoms with van der Waals surface area (Å²) >= 11 is 0. The van der Waals surface area contributed by atoms with Crippen LogP contribution >= 0.6 is 0 Å². The molecule has 0 bridgehead atoms. The van der Waals surface area contributed by atoms with Crippen LogP contribution in [-0.4, -0.2) is 36.2 Å². The molecule has 0 saturated heterocycles. The van der Waals surface area contributed by atoms with Gasteiger partial charge in [0, 0.05) is 12.0 Å². The van der Waals surface area contributed by atoms with E-state index in [2.05, 4.69) is 5.32 Å². The lowest BCUT2D eigenvalue weighted by Crippen LogP contribution is -2.44. The predicted octanol–water partition coefficient (Wildman–Crippen LogP) is 1.69. The van der Waals surface area contributed by atoms with E-state index >= 15 is 0 Å². The van der Waals surface area contributed by atoms with Crippen molar-refractivity contribution in [3.8, 4) is 11.5 Å². The maximum atomic E-state index is 12.2. The van der Waals surface area contributed by atoms with E-state index in [0.717, 1.165) is 6.42 Å². The zero-order valence-corrected chi connectivity index (χ0v) is 12.1. The van der Waals surface area contributed by atoms with Crippen LogP contribution in [-0.2, 0) is 4.79 Å². The summed E-state index contributed by atoms with van der Waals surface area (Å²) in [6, 6.07) is 3.92. The molecule has 21 heavy (non-hydrogen) atoms. The highest BCUT2D eigenvalue weighted by Crippen LogP contribution is 2.30. The first-order chi connectivity index (χ1) is 9.99. The third kappa shape index (κ3) is 3.65. The summed E-state index contributed by atoms with van der Waals surface area (Å²) < 4.78 is 11.0. The molecule has 6 heteroatoms. The number of carbonyl (C=O) groups is 2. The quantitative estimate of drug-likeness (QED) is 0.882. The van der Waals surface area contributed by atoms with Crippen LogP contribution in [0.1, 0.15) is 30.6 Å². The van der Waals surface area contributed by atoms with E-state index in [9.17, 15) is 9.59 Å². The molecule has 0 saturated carbocycles. The molecule has 1 atom stereocenters. The Bertz CT molecular complexity index is 541. The number of benzene rings is 1. The van der Waals surface area contributed by atoms with Crippen molar-refractivity contribution in [2.24, 2.45) is 5.92 Å². The Labute approximate surface area is 123 Å². The van der Waals surface area contributed by atoms with E-state index in [-0.39, 0.29) is 5.92 Å². The predicted molar refractivity (Wildman–Crippen MR) is 75.8 cm³/mol. The van der Waals surface area contributed by atoms with E-state index in [1.165, 1.54) is 0 Å². The van der Waals surface area contributed by atoms with Crippen molar-refractivity contribution in [2.75, 3.05) is 13.2 Å². The first-order valence-electron chi connectivity index (χ1n) is 6.92. The molecule has 0 radical (unpaired) electrons. The lowest BCUT2D eigenvalue weighted by molar-refractivity contribution is -0.140. The van der Waals surface area contributed by atoms with E-state index in [1.54, 1.807) is 32.0 Å². The van der Waals surface area contributed by atoms with Gasteiger partial charge in [0.1, 0.15) is 6.04 Å². The average Bonchev–Trinajstić information content (AvgIpc) is 2.68. The summed E-state index contributed by atoms with van der Waals surface area (Å²) in [6.07, 6.45) is 0.782. The highest BCUT2D eigenvalue weighted by atomic mass is 16.5. The van der Waals surface area contributed by atoms with Gasteiger partial charge < -0.3 is 19.9 Å². The molecule has 1 aliphatic rings. The van der Waals surface area contributed by atoms with Crippen molar-refractivity contribution in [3.63, 3.8) is 0 Å². The van der Waals surface area contributed by atoms with Gasteiger partial charge in [0.25, 0.3) is 5.91 Å². The van der Waals surface area contributed by atoms with Crippen LogP contribution in [0.5, 0.6) is 11.5 Å². The second-order valence-corrected chi connectivity index (χ2v) is 5.25. The second-order valence-electron chi connectivity index (χ2n) is 5.25. The van der Waals surface area contributed by atoms with Crippen molar-refractivity contribution in [3.05, 3.63) is 23.8 Å². The number of hydrogen-bond donors (Lipinski definition) is 2. The molecular formula is C15H19NO5. The van der Waals surface area contributed by atoms with Gasteiger partial charge in [0.2, 0.25) is 0 Å². The minimum atomic E-state index is -1.05. The molecule has 1 aromatic rings. The molecular weight excluding hydrogens is 274 g/mol. The number of amides is 1. The lowest BCUT2D eigenvalue weighted by atomic mass is 10.0. The minimum absolute atomic E-state index is 0.202. The van der Waals surface area contributed by atoms with Crippen molar-refractivity contribution < 1.29 is 24.2 Å². The fraction of sp³-hybridized carbons (Fsp3) is 0.467. The van der Waals surface area contributed by atoms with Crippen LogP contribution < -0.4 is 14.8 Å². The van der Waals surface area contributed by atoms with Gasteiger partial charge in [-0.3, -0.25) is 4.79 Å². The van der Waals surface area contributed by atoms with Crippen LogP contribution in [0, 0.1) is 5.92 Å². The third-order valence-corrected chi connectivity index (χ3v) is 3.23. The highest BCUT2D eigenvalue weighted by Gasteiger charge is 2.24. The number of nitrogens with one attached hydrogen (secondary N) is 1. The van der Waals surface area contributed by atoms with Crippen LogP contribution in [0.4, 0.5) is 0 Å². The maximum Gasteiger partial charge on any atom is 0.326 e. The highest BCUT2D eigenvalue weighted by molar-refractivity contribution is 5.97. The summed E-state index contributed by atoms with van der Waals surface area (Å²) in [5.74, 6) is -0.578. The smallest absolute Gasteiger partial charge is 0.326 e. The number of aliphatic carboxylic acids is 1. The fourth-order valence-electron chi connectivity index (χ4n) is 2.04. The minimum Gasteiger partial charge on any atom is -0.490 e. The molecule has 0 spiro atoms. The van der Waals surface area contributed by atoms with E-state index in [0.29, 0.717) is 30.3 Å². The van der Waals surface area contributed by atoms with Gasteiger partial charge in [-0.25, -0.2) is 4.79 Å². The zero-order valence-electron chi connectivity index (χ0n) is 12.1. The first-order valence-corrected chi connectivity index (χ1v) is 6.92. The molecule has 0 aromatic heterocycles. The monoisotopic (exact) mass is 293 g/mol. The third-order valence-electron chi connectivity index (χ3n) is 3.23. The Morgan fingerprint density at radius 3 is 2.48 bits per heavy atom. The standard InChI is InChI=1S/C15H19NO5/c1-9(2)13(15(18)19)16-14(17)10-4-5-11-12(8-10)21-7-3-6-20-11/h4-5,8-9,13H,3,6-7H2,1-2H3,(H,16,17)(H,18,19). The SMILES string of the molecule is CC(C)C(NC(=O)c1ccc2c(c1)OCCCO2)C(=O)O.